The van der Waals surface area contributed by atoms with Gasteiger partial charge in [0, 0.05) is 0 Å². The number of rotatable bonds is 31. The predicted octanol–water partition coefficient (Wildman–Crippen LogP) is 13.4. The summed E-state index contributed by atoms with van der Waals surface area (Å²) >= 11 is 0. The summed E-state index contributed by atoms with van der Waals surface area (Å²) < 4.78 is 44.9. The molecule has 8 nitrogen and oxygen atoms in total. The smallest absolute Gasteiger partial charge is 0.404 e. The zero-order chi connectivity index (χ0) is 36.8. The third kappa shape index (κ3) is 28.5. The van der Waals surface area contributed by atoms with Crippen molar-refractivity contribution >= 4 is 15.6 Å². The van der Waals surface area contributed by atoms with Crippen molar-refractivity contribution in [1.82, 2.24) is 0 Å². The van der Waals surface area contributed by atoms with E-state index >= 15 is 0 Å². The lowest BCUT2D eigenvalue weighted by Gasteiger charge is -2.20. The van der Waals surface area contributed by atoms with Gasteiger partial charge in [0.05, 0.1) is 19.3 Å². The zero-order valence-corrected chi connectivity index (χ0v) is 34.3. The average Bonchev–Trinajstić information content (AvgIpc) is 3.07. The fourth-order valence-corrected chi connectivity index (χ4v) is 7.39. The molecule has 0 heterocycles. The minimum Gasteiger partial charge on any atom is -0.404 e. The molecule has 1 aromatic rings. The van der Waals surface area contributed by atoms with E-state index in [9.17, 15) is 18.9 Å². The summed E-state index contributed by atoms with van der Waals surface area (Å²) in [5.74, 6) is 1.03. The van der Waals surface area contributed by atoms with Crippen LogP contribution in [-0.4, -0.2) is 29.1 Å². The van der Waals surface area contributed by atoms with Gasteiger partial charge in [-0.25, -0.2) is 9.13 Å². The van der Waals surface area contributed by atoms with Crippen molar-refractivity contribution in [3.63, 3.8) is 0 Å². The lowest BCUT2D eigenvalue weighted by molar-refractivity contribution is 0.0933. The number of unbranched alkanes of at least 4 members (excludes halogenated alkanes) is 11. The van der Waals surface area contributed by atoms with Gasteiger partial charge in [0.2, 0.25) is 0 Å². The highest BCUT2D eigenvalue weighted by Gasteiger charge is 2.26. The topological polar surface area (TPSA) is 112 Å². The van der Waals surface area contributed by atoms with Crippen molar-refractivity contribution in [3.8, 4) is 5.75 Å². The van der Waals surface area contributed by atoms with Crippen molar-refractivity contribution in [3.05, 3.63) is 29.8 Å². The van der Waals surface area contributed by atoms with Crippen LogP contribution in [0, 0.1) is 11.8 Å². The molecule has 0 aliphatic rings. The summed E-state index contributed by atoms with van der Waals surface area (Å²) in [6, 6.07) is 7.47. The Bertz CT molecular complexity index is 974. The maximum absolute atomic E-state index is 12.2. The highest BCUT2D eigenvalue weighted by atomic mass is 31.2. The average molecular weight is 735 g/mol. The lowest BCUT2D eigenvalue weighted by atomic mass is 10.0. The molecule has 49 heavy (non-hydrogen) atoms. The van der Waals surface area contributed by atoms with Gasteiger partial charge in [-0.2, -0.15) is 0 Å². The summed E-state index contributed by atoms with van der Waals surface area (Å²) in [5.41, 5.74) is 1.24. The third-order valence-corrected chi connectivity index (χ3v) is 11.0. The number of hydrogen-bond donors (Lipinski definition) is 2. The van der Waals surface area contributed by atoms with Crippen molar-refractivity contribution in [2.75, 3.05) is 13.2 Å². The largest absolute Gasteiger partial charge is 0.527 e. The van der Waals surface area contributed by atoms with Gasteiger partial charge in [0.15, 0.2) is 0 Å². The normalized spacial score (nSPS) is 15.8. The summed E-state index contributed by atoms with van der Waals surface area (Å²) in [4.78, 5) is 19.7. The first kappa shape index (κ1) is 48.3. The zero-order valence-electron chi connectivity index (χ0n) is 32.5. The van der Waals surface area contributed by atoms with Gasteiger partial charge in [-0.1, -0.05) is 156 Å². The molecule has 2 N–H and O–H groups in total. The molecule has 1 rings (SSSR count). The second-order valence-corrected chi connectivity index (χ2v) is 16.5. The molecule has 5 atom stereocenters. The number of hydrogen-bond acceptors (Lipinski definition) is 6. The molecule has 0 saturated carbocycles. The van der Waals surface area contributed by atoms with Crippen LogP contribution in [-0.2, 0) is 29.1 Å². The van der Waals surface area contributed by atoms with Gasteiger partial charge in [0.1, 0.15) is 5.75 Å². The van der Waals surface area contributed by atoms with Crippen molar-refractivity contribution in [2.24, 2.45) is 11.8 Å². The Morgan fingerprint density at radius 2 is 1.02 bits per heavy atom. The van der Waals surface area contributed by atoms with Gasteiger partial charge in [0.25, 0.3) is 0 Å². The van der Waals surface area contributed by atoms with Crippen LogP contribution >= 0.6 is 15.6 Å². The van der Waals surface area contributed by atoms with Gasteiger partial charge >= 0.3 is 15.6 Å². The molecular formula is C39H76O8P2. The van der Waals surface area contributed by atoms with E-state index in [1.807, 2.05) is 19.1 Å². The Hall–Kier alpha value is -0.720. The standard InChI is InChI=1S/C23H41O4P.C16H35O4P/c1-4-7-9-10-11-12-13-15-22-16-18-23(19-17-22)27-28(24,25)26-20-21(6-3)14-8-5-2;1-5-8-10-11-12-15(4)20-21(17,18)19-14-16(7-3)13-9-6-2/h16-19,21H,4-15,20H2,1-3H3,(H,24,25);15-16H,5-14H2,1-4H3,(H,17,18). The SMILES string of the molecule is CCCCCCC(C)OP(=O)(O)OCC(CC)CCCC.CCCCCCCCCc1ccc(OP(=O)(O)OCC(CC)CCCC)cc1. The lowest BCUT2D eigenvalue weighted by Crippen LogP contribution is -2.12. The monoisotopic (exact) mass is 735 g/mol. The van der Waals surface area contributed by atoms with E-state index in [0.717, 1.165) is 77.0 Å². The quantitative estimate of drug-likeness (QED) is 0.0573. The Morgan fingerprint density at radius 1 is 0.571 bits per heavy atom. The number of aryl methyl sites for hydroxylation is 1. The number of benzene rings is 1. The molecule has 0 bridgehead atoms. The molecule has 0 aliphatic carbocycles. The molecular weight excluding hydrogens is 658 g/mol. The van der Waals surface area contributed by atoms with E-state index in [0.29, 0.717) is 24.2 Å². The maximum atomic E-state index is 12.2. The molecule has 0 spiro atoms. The van der Waals surface area contributed by atoms with Crippen LogP contribution in [0.3, 0.4) is 0 Å². The summed E-state index contributed by atoms with van der Waals surface area (Å²) in [7, 11) is -7.97. The Morgan fingerprint density at radius 3 is 1.51 bits per heavy atom. The molecule has 10 heteroatoms. The minimum atomic E-state index is -4.07. The molecule has 5 unspecified atom stereocenters. The van der Waals surface area contributed by atoms with Crippen molar-refractivity contribution in [2.45, 2.75) is 189 Å². The van der Waals surface area contributed by atoms with Gasteiger partial charge in [-0.3, -0.25) is 18.5 Å². The highest BCUT2D eigenvalue weighted by Crippen LogP contribution is 2.46. The Labute approximate surface area is 302 Å². The van der Waals surface area contributed by atoms with E-state index in [1.54, 1.807) is 12.1 Å². The summed E-state index contributed by atoms with van der Waals surface area (Å²) in [6.07, 6.45) is 23.7. The van der Waals surface area contributed by atoms with Crippen LogP contribution in [0.2, 0.25) is 0 Å². The fraction of sp³-hybridized carbons (Fsp3) is 0.846. The second-order valence-electron chi connectivity index (χ2n) is 13.7. The van der Waals surface area contributed by atoms with Gasteiger partial charge < -0.3 is 9.42 Å². The van der Waals surface area contributed by atoms with E-state index in [1.165, 1.54) is 63.4 Å². The van der Waals surface area contributed by atoms with Gasteiger partial charge in [-0.05, 0) is 68.6 Å². The predicted molar refractivity (Wildman–Crippen MR) is 206 cm³/mol. The van der Waals surface area contributed by atoms with E-state index in [-0.39, 0.29) is 12.7 Å². The van der Waals surface area contributed by atoms with Crippen LogP contribution < -0.4 is 4.52 Å². The minimum absolute atomic E-state index is 0.228. The first-order chi connectivity index (χ1) is 23.4. The van der Waals surface area contributed by atoms with Crippen molar-refractivity contribution < 1.29 is 37.0 Å². The maximum Gasteiger partial charge on any atom is 0.527 e. The molecule has 290 valence electrons. The van der Waals surface area contributed by atoms with Crippen molar-refractivity contribution in [1.29, 1.82) is 0 Å². The third-order valence-electron chi connectivity index (χ3n) is 9.02. The molecule has 1 aromatic carbocycles. The fourth-order valence-electron chi connectivity index (χ4n) is 5.53. The molecule has 0 saturated heterocycles. The van der Waals surface area contributed by atoms with Crippen LogP contribution in [0.5, 0.6) is 5.75 Å². The number of phosphoric ester groups is 2. The van der Waals surface area contributed by atoms with Crippen LogP contribution in [0.1, 0.15) is 182 Å². The summed E-state index contributed by atoms with van der Waals surface area (Å²) in [5, 5.41) is 0. The first-order valence-corrected chi connectivity index (χ1v) is 22.9. The van der Waals surface area contributed by atoms with Crippen LogP contribution in [0.15, 0.2) is 24.3 Å². The first-order valence-electron chi connectivity index (χ1n) is 19.9. The van der Waals surface area contributed by atoms with E-state index in [2.05, 4.69) is 41.5 Å². The highest BCUT2D eigenvalue weighted by molar-refractivity contribution is 7.48. The molecule has 0 radical (unpaired) electrons. The Balaban J connectivity index is 0.000000983. The van der Waals surface area contributed by atoms with Gasteiger partial charge in [-0.15, -0.1) is 0 Å². The number of phosphoric acid groups is 2. The Kier molecular flexibility index (Phi) is 30.4. The van der Waals surface area contributed by atoms with Crippen LogP contribution in [0.25, 0.3) is 0 Å². The van der Waals surface area contributed by atoms with Crippen LogP contribution in [0.4, 0.5) is 0 Å². The second kappa shape index (κ2) is 30.9. The molecule has 0 fully saturated rings. The molecule has 0 amide bonds. The summed E-state index contributed by atoms with van der Waals surface area (Å²) in [6.45, 7) is 15.3. The van der Waals surface area contributed by atoms with E-state index < -0.39 is 15.6 Å². The molecule has 0 aliphatic heterocycles. The van der Waals surface area contributed by atoms with E-state index in [4.69, 9.17) is 18.1 Å². The molecule has 0 aromatic heterocycles.